The minimum Gasteiger partial charge on any atom is -0.448 e. The summed E-state index contributed by atoms with van der Waals surface area (Å²) in [5.41, 5.74) is 1.79. The maximum absolute atomic E-state index is 12.7. The monoisotopic (exact) mass is 390 g/mol. The lowest BCUT2D eigenvalue weighted by Gasteiger charge is -2.05. The van der Waals surface area contributed by atoms with Gasteiger partial charge in [-0.25, -0.2) is 9.97 Å². The SMILES string of the molecule is O=C(Cn1cnc2c(oc3ccccc32)c1=O)NCc1nc2ccccc2s1. The first-order valence-electron chi connectivity index (χ1n) is 8.67. The van der Waals surface area contributed by atoms with Gasteiger partial charge in [0.2, 0.25) is 11.5 Å². The molecule has 1 N–H and O–H groups in total. The molecule has 0 aliphatic heterocycles. The number of benzene rings is 2. The second-order valence-electron chi connectivity index (χ2n) is 6.31. The number of nitrogens with zero attached hydrogens (tertiary/aromatic N) is 3. The van der Waals surface area contributed by atoms with Gasteiger partial charge in [0.15, 0.2) is 0 Å². The summed E-state index contributed by atoms with van der Waals surface area (Å²) in [4.78, 5) is 33.8. The van der Waals surface area contributed by atoms with Gasteiger partial charge < -0.3 is 9.73 Å². The number of hydrogen-bond acceptors (Lipinski definition) is 6. The normalized spacial score (nSPS) is 11.4. The lowest BCUT2D eigenvalue weighted by Crippen LogP contribution is -2.32. The van der Waals surface area contributed by atoms with Gasteiger partial charge in [-0.2, -0.15) is 0 Å². The van der Waals surface area contributed by atoms with Crippen molar-refractivity contribution >= 4 is 49.5 Å². The van der Waals surface area contributed by atoms with Crippen molar-refractivity contribution in [2.45, 2.75) is 13.1 Å². The van der Waals surface area contributed by atoms with Gasteiger partial charge in [-0.3, -0.25) is 14.2 Å². The van der Waals surface area contributed by atoms with Gasteiger partial charge in [0, 0.05) is 5.39 Å². The molecule has 28 heavy (non-hydrogen) atoms. The van der Waals surface area contributed by atoms with Crippen LogP contribution in [0.4, 0.5) is 0 Å². The molecule has 2 aromatic carbocycles. The van der Waals surface area contributed by atoms with Crippen LogP contribution in [0.1, 0.15) is 5.01 Å². The Labute approximate surface area is 162 Å². The molecule has 5 aromatic rings. The fraction of sp³-hybridized carbons (Fsp3) is 0.100. The standard InChI is InChI=1S/C20H14N4O3S/c25-16(21-9-17-23-13-6-2-4-8-15(13)28-17)10-24-11-22-18-12-5-1-3-7-14(12)27-19(18)20(24)26/h1-8,11H,9-10H2,(H,21,25). The number of amides is 1. The molecule has 0 saturated heterocycles. The Morgan fingerprint density at radius 1 is 1.14 bits per heavy atom. The van der Waals surface area contributed by atoms with E-state index in [1.807, 2.05) is 42.5 Å². The molecule has 0 aliphatic carbocycles. The van der Waals surface area contributed by atoms with Crippen molar-refractivity contribution in [2.24, 2.45) is 0 Å². The minimum atomic E-state index is -0.378. The summed E-state index contributed by atoms with van der Waals surface area (Å²) < 4.78 is 7.95. The predicted octanol–water partition coefficient (Wildman–Crippen LogP) is 3.07. The van der Waals surface area contributed by atoms with E-state index >= 15 is 0 Å². The van der Waals surface area contributed by atoms with E-state index in [0.717, 1.165) is 20.6 Å². The Kier molecular flexibility index (Phi) is 3.91. The summed E-state index contributed by atoms with van der Waals surface area (Å²) in [6.07, 6.45) is 1.38. The molecule has 5 rings (SSSR count). The number of hydrogen-bond donors (Lipinski definition) is 1. The second-order valence-corrected chi connectivity index (χ2v) is 7.42. The fourth-order valence-electron chi connectivity index (χ4n) is 3.11. The van der Waals surface area contributed by atoms with Crippen LogP contribution < -0.4 is 10.9 Å². The molecular formula is C20H14N4O3S. The van der Waals surface area contributed by atoms with E-state index in [0.29, 0.717) is 17.6 Å². The van der Waals surface area contributed by atoms with Gasteiger partial charge in [-0.15, -0.1) is 11.3 Å². The number of rotatable bonds is 4. The Morgan fingerprint density at radius 2 is 1.96 bits per heavy atom. The molecule has 0 saturated carbocycles. The summed E-state index contributed by atoms with van der Waals surface area (Å²) in [5.74, 6) is -0.293. The highest BCUT2D eigenvalue weighted by molar-refractivity contribution is 7.18. The van der Waals surface area contributed by atoms with E-state index in [9.17, 15) is 9.59 Å². The van der Waals surface area contributed by atoms with E-state index in [2.05, 4.69) is 15.3 Å². The Balaban J connectivity index is 1.35. The number of carbonyl (C=O) groups excluding carboxylic acids is 1. The van der Waals surface area contributed by atoms with Gasteiger partial charge in [0.1, 0.15) is 22.7 Å². The number of carbonyl (C=O) groups is 1. The molecule has 138 valence electrons. The van der Waals surface area contributed by atoms with Crippen molar-refractivity contribution in [1.29, 1.82) is 0 Å². The zero-order valence-electron chi connectivity index (χ0n) is 14.6. The molecular weight excluding hydrogens is 376 g/mol. The van der Waals surface area contributed by atoms with Crippen LogP contribution >= 0.6 is 11.3 Å². The minimum absolute atomic E-state index is 0.135. The van der Waals surface area contributed by atoms with E-state index in [-0.39, 0.29) is 23.6 Å². The van der Waals surface area contributed by atoms with Crippen LogP contribution in [0, 0.1) is 0 Å². The molecule has 7 nitrogen and oxygen atoms in total. The molecule has 0 spiro atoms. The smallest absolute Gasteiger partial charge is 0.297 e. The molecule has 0 fully saturated rings. The third kappa shape index (κ3) is 2.84. The first-order valence-corrected chi connectivity index (χ1v) is 9.48. The maximum Gasteiger partial charge on any atom is 0.297 e. The van der Waals surface area contributed by atoms with Gasteiger partial charge in [0.25, 0.3) is 5.56 Å². The molecule has 1 amide bonds. The first kappa shape index (κ1) is 16.6. The molecule has 3 aromatic heterocycles. The first-order chi connectivity index (χ1) is 13.7. The quantitative estimate of drug-likeness (QED) is 0.509. The lowest BCUT2D eigenvalue weighted by atomic mass is 10.2. The zero-order chi connectivity index (χ0) is 19.1. The third-order valence-corrected chi connectivity index (χ3v) is 5.48. The van der Waals surface area contributed by atoms with E-state index < -0.39 is 0 Å². The van der Waals surface area contributed by atoms with E-state index in [4.69, 9.17) is 4.42 Å². The summed E-state index contributed by atoms with van der Waals surface area (Å²) in [6, 6.07) is 15.1. The number of fused-ring (bicyclic) bond motifs is 4. The van der Waals surface area contributed by atoms with Crippen LogP contribution in [0.15, 0.2) is 64.1 Å². The van der Waals surface area contributed by atoms with Crippen molar-refractivity contribution in [1.82, 2.24) is 19.9 Å². The molecule has 0 aliphatic rings. The highest BCUT2D eigenvalue weighted by Gasteiger charge is 2.14. The number of para-hydroxylation sites is 2. The maximum atomic E-state index is 12.7. The average molecular weight is 390 g/mol. The average Bonchev–Trinajstić information content (AvgIpc) is 3.30. The van der Waals surface area contributed by atoms with Crippen LogP contribution in [-0.4, -0.2) is 20.4 Å². The number of thiazole rings is 1. The van der Waals surface area contributed by atoms with Crippen molar-refractivity contribution in [3.05, 3.63) is 70.2 Å². The van der Waals surface area contributed by atoms with Crippen LogP contribution in [0.3, 0.4) is 0 Å². The van der Waals surface area contributed by atoms with Crippen LogP contribution in [0.2, 0.25) is 0 Å². The highest BCUT2D eigenvalue weighted by Crippen LogP contribution is 2.24. The van der Waals surface area contributed by atoms with E-state index in [1.54, 1.807) is 6.07 Å². The summed E-state index contributed by atoms with van der Waals surface area (Å²) >= 11 is 1.53. The number of nitrogens with one attached hydrogen (secondary N) is 1. The predicted molar refractivity (Wildman–Crippen MR) is 107 cm³/mol. The number of furan rings is 1. The van der Waals surface area contributed by atoms with Crippen LogP contribution in [0.5, 0.6) is 0 Å². The lowest BCUT2D eigenvalue weighted by molar-refractivity contribution is -0.121. The van der Waals surface area contributed by atoms with Crippen molar-refractivity contribution < 1.29 is 9.21 Å². The van der Waals surface area contributed by atoms with Gasteiger partial charge in [-0.05, 0) is 24.3 Å². The third-order valence-electron chi connectivity index (χ3n) is 4.44. The Bertz CT molecular complexity index is 1370. The summed E-state index contributed by atoms with van der Waals surface area (Å²) in [5, 5.41) is 4.39. The highest BCUT2D eigenvalue weighted by atomic mass is 32.1. The molecule has 8 heteroatoms. The van der Waals surface area contributed by atoms with Gasteiger partial charge in [-0.1, -0.05) is 24.3 Å². The van der Waals surface area contributed by atoms with E-state index in [1.165, 1.54) is 22.2 Å². The topological polar surface area (TPSA) is 90.0 Å². The van der Waals surface area contributed by atoms with Gasteiger partial charge in [0.05, 0.1) is 23.1 Å². The molecule has 0 unspecified atom stereocenters. The van der Waals surface area contributed by atoms with Crippen molar-refractivity contribution in [3.63, 3.8) is 0 Å². The molecule has 3 heterocycles. The molecule has 0 bridgehead atoms. The summed E-state index contributed by atoms with van der Waals surface area (Å²) in [7, 11) is 0. The van der Waals surface area contributed by atoms with Gasteiger partial charge >= 0.3 is 0 Å². The van der Waals surface area contributed by atoms with Crippen molar-refractivity contribution in [2.75, 3.05) is 0 Å². The van der Waals surface area contributed by atoms with Crippen molar-refractivity contribution in [3.8, 4) is 0 Å². The molecule has 0 atom stereocenters. The Morgan fingerprint density at radius 3 is 2.86 bits per heavy atom. The largest absolute Gasteiger partial charge is 0.448 e. The van der Waals surface area contributed by atoms with Crippen LogP contribution in [-0.2, 0) is 17.9 Å². The summed E-state index contributed by atoms with van der Waals surface area (Å²) in [6.45, 7) is 0.178. The van der Waals surface area contributed by atoms with Crippen LogP contribution in [0.25, 0.3) is 32.3 Å². The number of aromatic nitrogens is 3. The second kappa shape index (κ2) is 6.58. The zero-order valence-corrected chi connectivity index (χ0v) is 15.4. The fourth-order valence-corrected chi connectivity index (χ4v) is 4.02. The Hall–Kier alpha value is -3.52. The molecule has 0 radical (unpaired) electrons.